The van der Waals surface area contributed by atoms with Crippen LogP contribution in [0.4, 0.5) is 10.1 Å². The van der Waals surface area contributed by atoms with Crippen LogP contribution in [0.3, 0.4) is 0 Å². The van der Waals surface area contributed by atoms with Gasteiger partial charge in [0, 0.05) is 23.6 Å². The van der Waals surface area contributed by atoms with Gasteiger partial charge in [0.1, 0.15) is 5.82 Å². The minimum absolute atomic E-state index is 0.169. The topological polar surface area (TPSA) is 128 Å². The average molecular weight is 516 g/mol. The summed E-state index contributed by atoms with van der Waals surface area (Å²) in [5.41, 5.74) is 2.93. The first-order valence-electron chi connectivity index (χ1n) is 12.3. The molecule has 2 N–H and O–H groups in total. The molecule has 38 heavy (non-hydrogen) atoms. The van der Waals surface area contributed by atoms with Crippen molar-refractivity contribution in [3.05, 3.63) is 66.0 Å². The number of aliphatic hydroxyl groups is 1. The van der Waals surface area contributed by atoms with Gasteiger partial charge < -0.3 is 10.4 Å². The van der Waals surface area contributed by atoms with Gasteiger partial charge in [-0.1, -0.05) is 0 Å². The van der Waals surface area contributed by atoms with Gasteiger partial charge in [-0.3, -0.25) is 9.48 Å². The Hall–Kier alpha value is -4.45. The maximum Gasteiger partial charge on any atom is 0.259 e. The predicted octanol–water partition coefficient (Wildman–Crippen LogP) is 3.66. The van der Waals surface area contributed by atoms with E-state index in [1.807, 2.05) is 18.3 Å². The lowest BCUT2D eigenvalue weighted by Gasteiger charge is -2.16. The number of anilines is 1. The number of amides is 1. The number of hydrogen-bond acceptors (Lipinski definition) is 7. The number of hydrogen-bond donors (Lipinski definition) is 2. The van der Waals surface area contributed by atoms with Crippen LogP contribution in [0.15, 0.2) is 49.1 Å². The average Bonchev–Trinajstić information content (AvgIpc) is 3.24. The van der Waals surface area contributed by atoms with E-state index in [0.717, 1.165) is 24.0 Å². The third-order valence-corrected chi connectivity index (χ3v) is 6.39. The van der Waals surface area contributed by atoms with Crippen molar-refractivity contribution in [2.45, 2.75) is 51.8 Å². The predicted molar refractivity (Wildman–Crippen MR) is 137 cm³/mol. The monoisotopic (exact) mass is 515 g/mol. The fraction of sp³-hybridized carbons (Fsp3) is 0.308. The van der Waals surface area contributed by atoms with Crippen molar-refractivity contribution in [1.29, 1.82) is 0 Å². The molecule has 1 aliphatic rings. The summed E-state index contributed by atoms with van der Waals surface area (Å²) in [6, 6.07) is 6.84. The van der Waals surface area contributed by atoms with Gasteiger partial charge in [-0.25, -0.2) is 8.91 Å². The Balaban J connectivity index is 1.28. The lowest BCUT2D eigenvalue weighted by Crippen LogP contribution is -2.26. The summed E-state index contributed by atoms with van der Waals surface area (Å²) in [5.74, 6) is -0.692. The first kappa shape index (κ1) is 23.9. The molecule has 1 aromatic carbocycles. The summed E-state index contributed by atoms with van der Waals surface area (Å²) in [4.78, 5) is 14.8. The van der Waals surface area contributed by atoms with E-state index in [1.54, 1.807) is 42.4 Å². The lowest BCUT2D eigenvalue weighted by atomic mass is 10.1. The fourth-order valence-corrected chi connectivity index (χ4v) is 4.29. The van der Waals surface area contributed by atoms with Crippen molar-refractivity contribution in [3.63, 3.8) is 0 Å². The standard InChI is InChI=1S/C26H26FN9O2/c1-15-8-21(27)19(24-31-33-36(32-24)18-4-5-18)10-22(15)30-25(37)20-12-29-35-7-6-16(9-23(20)35)17-11-28-34(13-17)14-26(2,3)38/h6-13,18,38H,4-5,14H2,1-3H3,(H,30,37). The molecule has 1 amide bonds. The number of aryl methyl sites for hydroxylation is 1. The number of carbonyl (C=O) groups is 1. The molecule has 0 unspecified atom stereocenters. The molecule has 4 heterocycles. The molecule has 5 aromatic rings. The van der Waals surface area contributed by atoms with Gasteiger partial charge in [0.2, 0.25) is 5.82 Å². The molecule has 194 valence electrons. The molecule has 0 aliphatic heterocycles. The first-order valence-corrected chi connectivity index (χ1v) is 12.3. The quantitative estimate of drug-likeness (QED) is 0.339. The van der Waals surface area contributed by atoms with E-state index in [0.29, 0.717) is 28.9 Å². The summed E-state index contributed by atoms with van der Waals surface area (Å²) in [6.45, 7) is 5.51. The number of fused-ring (bicyclic) bond motifs is 1. The highest BCUT2D eigenvalue weighted by Crippen LogP contribution is 2.34. The number of nitrogens with zero attached hydrogens (tertiary/aromatic N) is 8. The smallest absolute Gasteiger partial charge is 0.259 e. The Morgan fingerprint density at radius 1 is 1.18 bits per heavy atom. The van der Waals surface area contributed by atoms with E-state index in [-0.39, 0.29) is 23.3 Å². The number of pyridine rings is 1. The molecular formula is C26H26FN9O2. The Morgan fingerprint density at radius 2 is 2.00 bits per heavy atom. The highest BCUT2D eigenvalue weighted by molar-refractivity contribution is 6.09. The van der Waals surface area contributed by atoms with Crippen molar-refractivity contribution in [2.75, 3.05) is 5.32 Å². The molecule has 4 aromatic heterocycles. The van der Waals surface area contributed by atoms with E-state index < -0.39 is 11.4 Å². The van der Waals surface area contributed by atoms with Crippen LogP contribution in [0.5, 0.6) is 0 Å². The molecule has 0 atom stereocenters. The van der Waals surface area contributed by atoms with E-state index in [4.69, 9.17) is 0 Å². The number of tetrazole rings is 1. The van der Waals surface area contributed by atoms with Gasteiger partial charge in [-0.15, -0.1) is 10.2 Å². The Morgan fingerprint density at radius 3 is 2.76 bits per heavy atom. The maximum absolute atomic E-state index is 14.8. The zero-order valence-corrected chi connectivity index (χ0v) is 21.1. The van der Waals surface area contributed by atoms with Crippen LogP contribution in [0.1, 0.15) is 48.7 Å². The molecule has 1 fully saturated rings. The summed E-state index contributed by atoms with van der Waals surface area (Å²) < 4.78 is 18.1. The van der Waals surface area contributed by atoms with Crippen LogP contribution in [-0.2, 0) is 6.54 Å². The van der Waals surface area contributed by atoms with Gasteiger partial charge in [0.05, 0.1) is 47.2 Å². The molecule has 1 aliphatic carbocycles. The Kier molecular flexibility index (Phi) is 5.56. The molecule has 0 radical (unpaired) electrons. The van der Waals surface area contributed by atoms with Gasteiger partial charge in [0.15, 0.2) is 0 Å². The summed E-state index contributed by atoms with van der Waals surface area (Å²) in [7, 11) is 0. The fourth-order valence-electron chi connectivity index (χ4n) is 4.29. The zero-order valence-electron chi connectivity index (χ0n) is 21.1. The summed E-state index contributed by atoms with van der Waals surface area (Å²) in [6.07, 6.45) is 8.79. The largest absolute Gasteiger partial charge is 0.389 e. The van der Waals surface area contributed by atoms with E-state index in [9.17, 15) is 14.3 Å². The van der Waals surface area contributed by atoms with Crippen molar-refractivity contribution >= 4 is 17.1 Å². The highest BCUT2D eigenvalue weighted by Gasteiger charge is 2.27. The van der Waals surface area contributed by atoms with E-state index in [1.165, 1.54) is 23.1 Å². The molecule has 12 heteroatoms. The second-order valence-electron chi connectivity index (χ2n) is 10.3. The molecule has 0 bridgehead atoms. The van der Waals surface area contributed by atoms with Crippen LogP contribution in [0, 0.1) is 12.7 Å². The molecular weight excluding hydrogens is 489 g/mol. The van der Waals surface area contributed by atoms with Crippen LogP contribution < -0.4 is 5.32 Å². The molecule has 11 nitrogen and oxygen atoms in total. The second-order valence-corrected chi connectivity index (χ2v) is 10.3. The Bertz CT molecular complexity index is 1670. The number of nitrogens with one attached hydrogen (secondary N) is 1. The van der Waals surface area contributed by atoms with Crippen molar-refractivity contribution in [2.24, 2.45) is 0 Å². The van der Waals surface area contributed by atoms with Gasteiger partial charge in [-0.05, 0) is 74.2 Å². The molecule has 0 spiro atoms. The van der Waals surface area contributed by atoms with Gasteiger partial charge in [-0.2, -0.15) is 15.0 Å². The van der Waals surface area contributed by atoms with E-state index >= 15 is 0 Å². The number of halogens is 1. The summed E-state index contributed by atoms with van der Waals surface area (Å²) >= 11 is 0. The number of carbonyl (C=O) groups excluding carboxylic acids is 1. The normalized spacial score (nSPS) is 13.8. The van der Waals surface area contributed by atoms with Crippen molar-refractivity contribution < 1.29 is 14.3 Å². The molecule has 6 rings (SSSR count). The third-order valence-electron chi connectivity index (χ3n) is 6.39. The van der Waals surface area contributed by atoms with Crippen molar-refractivity contribution in [3.8, 4) is 22.5 Å². The van der Waals surface area contributed by atoms with Crippen LogP contribution in [-0.4, -0.2) is 56.2 Å². The third kappa shape index (κ3) is 4.65. The van der Waals surface area contributed by atoms with Crippen LogP contribution in [0.2, 0.25) is 0 Å². The second kappa shape index (κ2) is 8.84. The lowest BCUT2D eigenvalue weighted by molar-refractivity contribution is 0.0577. The zero-order chi connectivity index (χ0) is 26.6. The Labute approximate surface area is 216 Å². The maximum atomic E-state index is 14.8. The van der Waals surface area contributed by atoms with Gasteiger partial charge >= 0.3 is 0 Å². The van der Waals surface area contributed by atoms with E-state index in [2.05, 4.69) is 30.9 Å². The SMILES string of the molecule is Cc1cc(F)c(-c2nnn(C3CC3)n2)cc1NC(=O)c1cnn2ccc(-c3cnn(CC(C)(C)O)c3)cc12. The summed E-state index contributed by atoms with van der Waals surface area (Å²) in [5, 5.41) is 33.9. The van der Waals surface area contributed by atoms with Crippen LogP contribution in [0.25, 0.3) is 28.0 Å². The van der Waals surface area contributed by atoms with Crippen molar-refractivity contribution in [1.82, 2.24) is 39.6 Å². The molecule has 0 saturated heterocycles. The highest BCUT2D eigenvalue weighted by atomic mass is 19.1. The minimum atomic E-state index is -0.897. The number of rotatable bonds is 7. The molecule has 1 saturated carbocycles. The van der Waals surface area contributed by atoms with Gasteiger partial charge in [0.25, 0.3) is 5.91 Å². The minimum Gasteiger partial charge on any atom is -0.389 e. The van der Waals surface area contributed by atoms with Crippen LogP contribution >= 0.6 is 0 Å². The number of aromatic nitrogens is 8. The first-order chi connectivity index (χ1) is 18.1. The number of benzene rings is 1.